The van der Waals surface area contributed by atoms with Crippen LogP contribution in [-0.2, 0) is 0 Å². The average Bonchev–Trinajstić information content (AvgIpc) is 2.25. The molecule has 1 fully saturated rings. The third-order valence-electron chi connectivity index (χ3n) is 4.10. The normalized spacial score (nSPS) is 31.3. The van der Waals surface area contributed by atoms with Crippen molar-refractivity contribution in [2.75, 3.05) is 0 Å². The van der Waals surface area contributed by atoms with Crippen molar-refractivity contribution in [3.8, 4) is 0 Å². The van der Waals surface area contributed by atoms with Crippen LogP contribution in [0, 0.1) is 11.8 Å². The Morgan fingerprint density at radius 1 is 0.643 bits per heavy atom. The summed E-state index contributed by atoms with van der Waals surface area (Å²) in [6, 6.07) is 0. The lowest BCUT2D eigenvalue weighted by Gasteiger charge is -2.20. The predicted molar refractivity (Wildman–Crippen MR) is 64.5 cm³/mol. The van der Waals surface area contributed by atoms with Gasteiger partial charge in [-0.15, -0.1) is 0 Å². The fraction of sp³-hybridized carbons (Fsp3) is 1.00. The Hall–Kier alpha value is 0. The first-order valence-electron chi connectivity index (χ1n) is 6.86. The minimum Gasteiger partial charge on any atom is -0.0651 e. The fourth-order valence-electron chi connectivity index (χ4n) is 2.84. The quantitative estimate of drug-likeness (QED) is 0.571. The minimum atomic E-state index is 1.05. The molecule has 0 N–H and O–H groups in total. The van der Waals surface area contributed by atoms with Gasteiger partial charge in [0.1, 0.15) is 0 Å². The second-order valence-electron chi connectivity index (χ2n) is 5.12. The second kappa shape index (κ2) is 7.31. The maximum atomic E-state index is 2.37. The van der Waals surface area contributed by atoms with Gasteiger partial charge in [-0.05, 0) is 11.8 Å². The van der Waals surface area contributed by atoms with E-state index in [2.05, 4.69) is 13.8 Å². The maximum Gasteiger partial charge on any atom is -0.0417 e. The smallest absolute Gasteiger partial charge is 0.0417 e. The van der Waals surface area contributed by atoms with Gasteiger partial charge in [0.25, 0.3) is 0 Å². The van der Waals surface area contributed by atoms with Crippen molar-refractivity contribution in [1.29, 1.82) is 0 Å². The van der Waals surface area contributed by atoms with E-state index in [1.54, 1.807) is 0 Å². The summed E-state index contributed by atoms with van der Waals surface area (Å²) in [6.45, 7) is 4.73. The van der Waals surface area contributed by atoms with Crippen LogP contribution in [0.5, 0.6) is 0 Å². The Balaban J connectivity index is 2.26. The molecule has 0 radical (unpaired) electrons. The van der Waals surface area contributed by atoms with Gasteiger partial charge in [-0.2, -0.15) is 0 Å². The molecular formula is C14H28. The Morgan fingerprint density at radius 2 is 0.929 bits per heavy atom. The zero-order valence-electron chi connectivity index (χ0n) is 10.2. The van der Waals surface area contributed by atoms with E-state index in [1.165, 1.54) is 64.2 Å². The van der Waals surface area contributed by atoms with Gasteiger partial charge in [0, 0.05) is 0 Å². The first-order valence-corrected chi connectivity index (χ1v) is 6.86. The van der Waals surface area contributed by atoms with E-state index >= 15 is 0 Å². The van der Waals surface area contributed by atoms with Gasteiger partial charge < -0.3 is 0 Å². The molecule has 0 unspecified atom stereocenters. The summed E-state index contributed by atoms with van der Waals surface area (Å²) in [5, 5.41) is 0. The highest BCUT2D eigenvalue weighted by Gasteiger charge is 2.11. The lowest BCUT2D eigenvalue weighted by atomic mass is 9.86. The minimum absolute atomic E-state index is 1.05. The predicted octanol–water partition coefficient (Wildman–Crippen LogP) is 5.17. The molecule has 0 heterocycles. The van der Waals surface area contributed by atoms with Crippen molar-refractivity contribution in [2.45, 2.75) is 78.1 Å². The van der Waals surface area contributed by atoms with E-state index in [4.69, 9.17) is 0 Å². The van der Waals surface area contributed by atoms with Crippen LogP contribution in [-0.4, -0.2) is 0 Å². The highest BCUT2D eigenvalue weighted by molar-refractivity contribution is 4.65. The van der Waals surface area contributed by atoms with Crippen molar-refractivity contribution in [1.82, 2.24) is 0 Å². The molecule has 0 atom stereocenters. The Labute approximate surface area is 90.5 Å². The Kier molecular flexibility index (Phi) is 6.31. The highest BCUT2D eigenvalue weighted by atomic mass is 14.2. The van der Waals surface area contributed by atoms with Crippen LogP contribution >= 0.6 is 0 Å². The van der Waals surface area contributed by atoms with E-state index in [-0.39, 0.29) is 0 Å². The largest absolute Gasteiger partial charge is 0.0651 e. The second-order valence-corrected chi connectivity index (χ2v) is 5.12. The van der Waals surface area contributed by atoms with E-state index < -0.39 is 0 Å². The van der Waals surface area contributed by atoms with Gasteiger partial charge in [-0.3, -0.25) is 0 Å². The Bertz CT molecular complexity index is 100. The van der Waals surface area contributed by atoms with Crippen LogP contribution in [0.15, 0.2) is 0 Å². The van der Waals surface area contributed by atoms with Crippen molar-refractivity contribution >= 4 is 0 Å². The molecule has 0 amide bonds. The molecule has 84 valence electrons. The molecule has 0 aromatic rings. The summed E-state index contributed by atoms with van der Waals surface area (Å²) in [4.78, 5) is 0. The highest BCUT2D eigenvalue weighted by Crippen LogP contribution is 2.27. The van der Waals surface area contributed by atoms with Crippen LogP contribution < -0.4 is 0 Å². The molecular weight excluding hydrogens is 168 g/mol. The van der Waals surface area contributed by atoms with Gasteiger partial charge in [-0.1, -0.05) is 78.1 Å². The number of rotatable bonds is 2. The van der Waals surface area contributed by atoms with Crippen molar-refractivity contribution < 1.29 is 0 Å². The van der Waals surface area contributed by atoms with E-state index in [9.17, 15) is 0 Å². The third-order valence-corrected chi connectivity index (χ3v) is 4.10. The molecule has 1 rings (SSSR count). The zero-order chi connectivity index (χ0) is 10.2. The molecule has 1 aliphatic rings. The van der Waals surface area contributed by atoms with E-state index in [0.717, 1.165) is 11.8 Å². The van der Waals surface area contributed by atoms with Gasteiger partial charge in [0.15, 0.2) is 0 Å². The first kappa shape index (κ1) is 12.1. The number of hydrogen-bond acceptors (Lipinski definition) is 0. The summed E-state index contributed by atoms with van der Waals surface area (Å²) in [7, 11) is 0. The summed E-state index contributed by atoms with van der Waals surface area (Å²) in [5.74, 6) is 2.10. The summed E-state index contributed by atoms with van der Waals surface area (Å²) in [5.41, 5.74) is 0. The van der Waals surface area contributed by atoms with Crippen LogP contribution in [0.4, 0.5) is 0 Å². The molecule has 0 aromatic heterocycles. The summed E-state index contributed by atoms with van der Waals surface area (Å²) in [6.07, 6.45) is 14.8. The SMILES string of the molecule is CCC1CCCCC(CC)CCCC1. The van der Waals surface area contributed by atoms with Crippen molar-refractivity contribution in [2.24, 2.45) is 11.8 Å². The molecule has 0 heteroatoms. The topological polar surface area (TPSA) is 0 Å². The van der Waals surface area contributed by atoms with Gasteiger partial charge >= 0.3 is 0 Å². The van der Waals surface area contributed by atoms with E-state index in [0.29, 0.717) is 0 Å². The van der Waals surface area contributed by atoms with Crippen LogP contribution in [0.2, 0.25) is 0 Å². The molecule has 0 nitrogen and oxygen atoms in total. The first-order chi connectivity index (χ1) is 6.86. The fourth-order valence-corrected chi connectivity index (χ4v) is 2.84. The van der Waals surface area contributed by atoms with E-state index in [1.807, 2.05) is 0 Å². The van der Waals surface area contributed by atoms with Crippen molar-refractivity contribution in [3.63, 3.8) is 0 Å². The van der Waals surface area contributed by atoms with Crippen LogP contribution in [0.25, 0.3) is 0 Å². The molecule has 1 aliphatic carbocycles. The molecule has 0 saturated heterocycles. The summed E-state index contributed by atoms with van der Waals surface area (Å²) < 4.78 is 0. The average molecular weight is 196 g/mol. The van der Waals surface area contributed by atoms with Crippen LogP contribution in [0.1, 0.15) is 78.1 Å². The monoisotopic (exact) mass is 196 g/mol. The van der Waals surface area contributed by atoms with Crippen molar-refractivity contribution in [3.05, 3.63) is 0 Å². The number of hydrogen-bond donors (Lipinski definition) is 0. The van der Waals surface area contributed by atoms with Gasteiger partial charge in [-0.25, -0.2) is 0 Å². The standard InChI is InChI=1S/C14H28/c1-3-13-9-5-7-11-14(4-2)12-8-6-10-13/h13-14H,3-12H2,1-2H3. The molecule has 14 heavy (non-hydrogen) atoms. The molecule has 0 spiro atoms. The molecule has 0 aromatic carbocycles. The lowest BCUT2D eigenvalue weighted by Crippen LogP contribution is -2.05. The molecule has 0 aliphatic heterocycles. The lowest BCUT2D eigenvalue weighted by molar-refractivity contribution is 0.332. The molecule has 0 bridgehead atoms. The Morgan fingerprint density at radius 3 is 1.14 bits per heavy atom. The maximum absolute atomic E-state index is 2.37. The van der Waals surface area contributed by atoms with Gasteiger partial charge in [0.05, 0.1) is 0 Å². The third kappa shape index (κ3) is 4.48. The summed E-state index contributed by atoms with van der Waals surface area (Å²) >= 11 is 0. The molecule has 1 saturated carbocycles. The van der Waals surface area contributed by atoms with Gasteiger partial charge in [0.2, 0.25) is 0 Å². The van der Waals surface area contributed by atoms with Crippen LogP contribution in [0.3, 0.4) is 0 Å². The zero-order valence-corrected chi connectivity index (χ0v) is 10.2.